The quantitative estimate of drug-likeness (QED) is 0.374. The van der Waals surface area contributed by atoms with Crippen molar-refractivity contribution in [1.29, 1.82) is 0 Å². The van der Waals surface area contributed by atoms with Crippen molar-refractivity contribution < 1.29 is 22.7 Å². The number of hydrogen-bond donors (Lipinski definition) is 0. The predicted molar refractivity (Wildman–Crippen MR) is 123 cm³/mol. The van der Waals surface area contributed by atoms with E-state index in [1.807, 2.05) is 68.4 Å². The first-order chi connectivity index (χ1) is 15.6. The summed E-state index contributed by atoms with van der Waals surface area (Å²) in [6, 6.07) is 22.0. The van der Waals surface area contributed by atoms with Gasteiger partial charge in [-0.25, -0.2) is 0 Å². The summed E-state index contributed by atoms with van der Waals surface area (Å²) in [5.41, 5.74) is 2.27. The molecule has 0 bridgehead atoms. The Morgan fingerprint density at radius 2 is 1.52 bits per heavy atom. The van der Waals surface area contributed by atoms with Gasteiger partial charge in [-0.15, -0.1) is 0 Å². The van der Waals surface area contributed by atoms with E-state index in [4.69, 9.17) is 4.74 Å². The van der Waals surface area contributed by atoms with E-state index in [2.05, 4.69) is 0 Å². The molecule has 0 spiro atoms. The molecule has 0 saturated heterocycles. The Bertz CT molecular complexity index is 1030. The first-order valence-corrected chi connectivity index (χ1v) is 10.9. The maximum absolute atomic E-state index is 12.9. The number of ether oxygens (including phenoxy) is 1. The maximum Gasteiger partial charge on any atom is 0.416 e. The maximum atomic E-state index is 12.9. The number of aryl methyl sites for hydroxylation is 1. The molecule has 174 valence electrons. The van der Waals surface area contributed by atoms with E-state index >= 15 is 0 Å². The van der Waals surface area contributed by atoms with Crippen LogP contribution in [0, 0.1) is 6.92 Å². The van der Waals surface area contributed by atoms with Crippen LogP contribution in [0.3, 0.4) is 0 Å². The van der Waals surface area contributed by atoms with Gasteiger partial charge < -0.3 is 9.64 Å². The van der Waals surface area contributed by atoms with E-state index in [0.29, 0.717) is 18.7 Å². The number of halogens is 3. The Morgan fingerprint density at radius 3 is 2.09 bits per heavy atom. The van der Waals surface area contributed by atoms with Gasteiger partial charge in [-0.3, -0.25) is 4.79 Å². The highest BCUT2D eigenvalue weighted by Gasteiger charge is 2.30. The van der Waals surface area contributed by atoms with Crippen molar-refractivity contribution in [3.8, 4) is 5.75 Å². The van der Waals surface area contributed by atoms with Crippen LogP contribution in [0.15, 0.2) is 78.9 Å². The van der Waals surface area contributed by atoms with Crippen LogP contribution in [0.2, 0.25) is 0 Å². The van der Waals surface area contributed by atoms with Crippen molar-refractivity contribution in [3.63, 3.8) is 0 Å². The molecule has 0 aromatic heterocycles. The monoisotopic (exact) mass is 455 g/mol. The molecule has 0 fully saturated rings. The lowest BCUT2D eigenvalue weighted by Crippen LogP contribution is -2.32. The first-order valence-electron chi connectivity index (χ1n) is 10.9. The van der Waals surface area contributed by atoms with E-state index in [1.165, 1.54) is 12.1 Å². The summed E-state index contributed by atoms with van der Waals surface area (Å²) < 4.78 is 44.6. The number of alkyl halides is 3. The second-order valence-electron chi connectivity index (χ2n) is 8.22. The summed E-state index contributed by atoms with van der Waals surface area (Å²) in [6.45, 7) is 4.33. The van der Waals surface area contributed by atoms with Crippen LogP contribution in [0.5, 0.6) is 5.75 Å². The van der Waals surface area contributed by atoms with Crippen molar-refractivity contribution in [3.05, 3.63) is 101 Å². The van der Waals surface area contributed by atoms with Crippen LogP contribution in [0.4, 0.5) is 13.2 Å². The zero-order valence-corrected chi connectivity index (χ0v) is 19.0. The molecule has 0 aliphatic carbocycles. The van der Waals surface area contributed by atoms with Gasteiger partial charge in [0, 0.05) is 20.0 Å². The standard InChI is InChI=1S/C27H28F3NO2/c1-19-9-11-21(12-10-19)20(2)26(32)31(3)18-17-25(22-7-5-4-6-8-22)33-24-15-13-23(14-16-24)27(28,29)30/h4-16,20,25H,17-18H2,1-3H3/t20-,25-/m1/s1. The minimum atomic E-state index is -4.39. The van der Waals surface area contributed by atoms with Crippen molar-refractivity contribution in [2.24, 2.45) is 0 Å². The fourth-order valence-electron chi connectivity index (χ4n) is 3.60. The zero-order valence-electron chi connectivity index (χ0n) is 19.0. The Kier molecular flexibility index (Phi) is 7.79. The molecule has 6 heteroatoms. The highest BCUT2D eigenvalue weighted by atomic mass is 19.4. The number of carbonyl (C=O) groups excluding carboxylic acids is 1. The van der Waals surface area contributed by atoms with Crippen molar-refractivity contribution in [1.82, 2.24) is 4.90 Å². The van der Waals surface area contributed by atoms with Crippen LogP contribution in [0.1, 0.15) is 47.6 Å². The number of carbonyl (C=O) groups is 1. The van der Waals surface area contributed by atoms with Crippen LogP contribution < -0.4 is 4.74 Å². The second kappa shape index (κ2) is 10.6. The normalized spacial score (nSPS) is 13.3. The lowest BCUT2D eigenvalue weighted by atomic mass is 9.98. The van der Waals surface area contributed by atoms with Gasteiger partial charge in [0.2, 0.25) is 5.91 Å². The number of amides is 1. The zero-order chi connectivity index (χ0) is 24.0. The molecule has 3 aromatic carbocycles. The molecule has 0 radical (unpaired) electrons. The van der Waals surface area contributed by atoms with Gasteiger partial charge in [0.15, 0.2) is 0 Å². The van der Waals surface area contributed by atoms with Crippen molar-refractivity contribution >= 4 is 5.91 Å². The molecule has 3 nitrogen and oxygen atoms in total. The van der Waals surface area contributed by atoms with E-state index in [1.54, 1.807) is 11.9 Å². The highest BCUT2D eigenvalue weighted by molar-refractivity contribution is 5.83. The van der Waals surface area contributed by atoms with Crippen molar-refractivity contribution in [2.45, 2.75) is 38.5 Å². The van der Waals surface area contributed by atoms with Gasteiger partial charge in [-0.1, -0.05) is 60.2 Å². The minimum absolute atomic E-state index is 0.000180. The van der Waals surface area contributed by atoms with Gasteiger partial charge in [-0.05, 0) is 49.2 Å². The first kappa shape index (κ1) is 24.4. The number of rotatable bonds is 8. The van der Waals surface area contributed by atoms with Gasteiger partial charge >= 0.3 is 6.18 Å². The molecule has 0 N–H and O–H groups in total. The van der Waals surface area contributed by atoms with E-state index in [9.17, 15) is 18.0 Å². The van der Waals surface area contributed by atoms with Gasteiger partial charge in [0.05, 0.1) is 11.5 Å². The largest absolute Gasteiger partial charge is 0.486 e. The number of benzene rings is 3. The molecule has 0 aliphatic heterocycles. The third-order valence-electron chi connectivity index (χ3n) is 5.68. The molecule has 33 heavy (non-hydrogen) atoms. The Hall–Kier alpha value is -3.28. The van der Waals surface area contributed by atoms with Crippen LogP contribution in [0.25, 0.3) is 0 Å². The summed E-state index contributed by atoms with van der Waals surface area (Å²) in [7, 11) is 1.76. The molecule has 0 saturated carbocycles. The molecular weight excluding hydrogens is 427 g/mol. The fraction of sp³-hybridized carbons (Fsp3) is 0.296. The van der Waals surface area contributed by atoms with Crippen LogP contribution in [-0.2, 0) is 11.0 Å². The van der Waals surface area contributed by atoms with Crippen LogP contribution >= 0.6 is 0 Å². The molecule has 2 atom stereocenters. The number of hydrogen-bond acceptors (Lipinski definition) is 2. The summed E-state index contributed by atoms with van der Waals surface area (Å²) in [5.74, 6) is 0.0701. The van der Waals surface area contributed by atoms with Crippen molar-refractivity contribution in [2.75, 3.05) is 13.6 Å². The lowest BCUT2D eigenvalue weighted by molar-refractivity contribution is -0.137. The van der Waals surface area contributed by atoms with E-state index < -0.39 is 17.8 Å². The molecule has 1 amide bonds. The summed E-state index contributed by atoms with van der Waals surface area (Å²) in [5, 5.41) is 0. The third kappa shape index (κ3) is 6.60. The molecule has 3 rings (SSSR count). The molecule has 0 heterocycles. The number of nitrogens with zero attached hydrogens (tertiary/aromatic N) is 1. The van der Waals surface area contributed by atoms with Gasteiger partial charge in [0.25, 0.3) is 0 Å². The average Bonchev–Trinajstić information content (AvgIpc) is 2.81. The Balaban J connectivity index is 1.69. The lowest BCUT2D eigenvalue weighted by Gasteiger charge is -2.25. The predicted octanol–water partition coefficient (Wildman–Crippen LogP) is 6.79. The molecular formula is C27H28F3NO2. The molecule has 0 aliphatic rings. The fourth-order valence-corrected chi connectivity index (χ4v) is 3.60. The second-order valence-corrected chi connectivity index (χ2v) is 8.22. The SMILES string of the molecule is Cc1ccc([C@@H](C)C(=O)N(C)CC[C@@H](Oc2ccc(C(F)(F)F)cc2)c2ccccc2)cc1. The van der Waals surface area contributed by atoms with E-state index in [-0.39, 0.29) is 11.8 Å². The topological polar surface area (TPSA) is 29.5 Å². The van der Waals surface area contributed by atoms with Gasteiger partial charge in [-0.2, -0.15) is 13.2 Å². The van der Waals surface area contributed by atoms with E-state index in [0.717, 1.165) is 28.8 Å². The minimum Gasteiger partial charge on any atom is -0.486 e. The van der Waals surface area contributed by atoms with Gasteiger partial charge in [0.1, 0.15) is 11.9 Å². The summed E-state index contributed by atoms with van der Waals surface area (Å²) in [6.07, 6.45) is -4.31. The highest BCUT2D eigenvalue weighted by Crippen LogP contribution is 2.32. The average molecular weight is 456 g/mol. The smallest absolute Gasteiger partial charge is 0.416 e. The number of likely N-dealkylation sites (N-methyl/N-ethyl adjacent to an activating group) is 1. The Labute approximate surface area is 192 Å². The summed E-state index contributed by atoms with van der Waals surface area (Å²) in [4.78, 5) is 14.6. The third-order valence-corrected chi connectivity index (χ3v) is 5.68. The van der Waals surface area contributed by atoms with Crippen LogP contribution in [-0.4, -0.2) is 24.4 Å². The summed E-state index contributed by atoms with van der Waals surface area (Å²) >= 11 is 0. The molecule has 0 unspecified atom stereocenters. The molecule has 3 aromatic rings. The Morgan fingerprint density at radius 1 is 0.909 bits per heavy atom.